The molecule has 1 aliphatic carbocycles. The van der Waals surface area contributed by atoms with Crippen molar-refractivity contribution in [1.29, 1.82) is 0 Å². The molecule has 0 amide bonds. The Morgan fingerprint density at radius 3 is 2.88 bits per heavy atom. The highest BCUT2D eigenvalue weighted by Gasteiger charge is 2.39. The zero-order valence-electron chi connectivity index (χ0n) is 9.83. The van der Waals surface area contributed by atoms with E-state index in [1.165, 1.54) is 32.1 Å². The van der Waals surface area contributed by atoms with Gasteiger partial charge in [0.25, 0.3) is 0 Å². The first kappa shape index (κ1) is 10.3. The van der Waals surface area contributed by atoms with Crippen molar-refractivity contribution in [3.05, 3.63) is 11.7 Å². The Balaban J connectivity index is 1.76. The molecule has 4 nitrogen and oxygen atoms in total. The number of hydrogen-bond acceptors (Lipinski definition) is 4. The highest BCUT2D eigenvalue weighted by molar-refractivity contribution is 5.10. The van der Waals surface area contributed by atoms with Gasteiger partial charge in [0.2, 0.25) is 5.89 Å². The van der Waals surface area contributed by atoms with Crippen LogP contribution >= 0.6 is 0 Å². The van der Waals surface area contributed by atoms with Crippen molar-refractivity contribution in [2.75, 3.05) is 13.1 Å². The molecule has 2 heterocycles. The minimum absolute atomic E-state index is 0.174. The highest BCUT2D eigenvalue weighted by atomic mass is 16.5. The van der Waals surface area contributed by atoms with Crippen LogP contribution in [0, 0.1) is 0 Å². The van der Waals surface area contributed by atoms with Crippen LogP contribution in [0.2, 0.25) is 0 Å². The quantitative estimate of drug-likeness (QED) is 0.829. The van der Waals surface area contributed by atoms with Crippen LogP contribution in [-0.4, -0.2) is 23.2 Å². The Morgan fingerprint density at radius 1 is 1.38 bits per heavy atom. The lowest BCUT2D eigenvalue weighted by atomic mass is 9.70. The van der Waals surface area contributed by atoms with Gasteiger partial charge in [0.1, 0.15) is 0 Å². The van der Waals surface area contributed by atoms with Gasteiger partial charge in [-0.05, 0) is 32.2 Å². The fourth-order valence-corrected chi connectivity index (χ4v) is 2.64. The minimum atomic E-state index is 0.174. The van der Waals surface area contributed by atoms with Crippen LogP contribution in [0.1, 0.15) is 56.7 Å². The Kier molecular flexibility index (Phi) is 2.46. The molecule has 16 heavy (non-hydrogen) atoms. The van der Waals surface area contributed by atoms with Crippen molar-refractivity contribution >= 4 is 0 Å². The van der Waals surface area contributed by atoms with E-state index in [4.69, 9.17) is 4.52 Å². The SMILES string of the molecule is CC1(c2nc(C3CCCNC3)no2)CCC1. The van der Waals surface area contributed by atoms with Gasteiger partial charge >= 0.3 is 0 Å². The van der Waals surface area contributed by atoms with E-state index in [9.17, 15) is 0 Å². The van der Waals surface area contributed by atoms with Crippen molar-refractivity contribution in [3.63, 3.8) is 0 Å². The average Bonchev–Trinajstić information content (AvgIpc) is 2.77. The summed E-state index contributed by atoms with van der Waals surface area (Å²) in [4.78, 5) is 4.61. The number of piperidine rings is 1. The summed E-state index contributed by atoms with van der Waals surface area (Å²) in [6.45, 7) is 4.35. The number of nitrogens with zero attached hydrogens (tertiary/aromatic N) is 2. The summed E-state index contributed by atoms with van der Waals surface area (Å²) in [5.41, 5.74) is 0.174. The van der Waals surface area contributed by atoms with Crippen molar-refractivity contribution in [1.82, 2.24) is 15.5 Å². The van der Waals surface area contributed by atoms with Gasteiger partial charge in [0, 0.05) is 17.9 Å². The van der Waals surface area contributed by atoms with Crippen LogP contribution in [0.3, 0.4) is 0 Å². The molecule has 2 fully saturated rings. The first-order chi connectivity index (χ1) is 7.78. The van der Waals surface area contributed by atoms with Gasteiger partial charge in [-0.2, -0.15) is 4.98 Å². The lowest BCUT2D eigenvalue weighted by Crippen LogP contribution is -2.31. The number of rotatable bonds is 2. The van der Waals surface area contributed by atoms with E-state index in [2.05, 4.69) is 22.4 Å². The molecule has 88 valence electrons. The molecule has 1 N–H and O–H groups in total. The van der Waals surface area contributed by atoms with Gasteiger partial charge in [-0.25, -0.2) is 0 Å². The molecule has 1 aliphatic heterocycles. The molecule has 3 rings (SSSR count). The molecule has 1 atom stereocenters. The molecule has 4 heteroatoms. The summed E-state index contributed by atoms with van der Waals surface area (Å²) >= 11 is 0. The molecule has 1 unspecified atom stereocenters. The Morgan fingerprint density at radius 2 is 2.25 bits per heavy atom. The Labute approximate surface area is 95.8 Å². The number of nitrogens with one attached hydrogen (secondary N) is 1. The topological polar surface area (TPSA) is 51.0 Å². The molecule has 1 aromatic rings. The van der Waals surface area contributed by atoms with Gasteiger partial charge in [0.15, 0.2) is 5.82 Å². The van der Waals surface area contributed by atoms with Gasteiger partial charge in [-0.3, -0.25) is 0 Å². The maximum atomic E-state index is 5.44. The maximum Gasteiger partial charge on any atom is 0.232 e. The van der Waals surface area contributed by atoms with Gasteiger partial charge in [-0.1, -0.05) is 18.5 Å². The predicted molar refractivity (Wildman–Crippen MR) is 60.3 cm³/mol. The second kappa shape index (κ2) is 3.84. The van der Waals surface area contributed by atoms with E-state index >= 15 is 0 Å². The van der Waals surface area contributed by atoms with Crippen molar-refractivity contribution in [2.24, 2.45) is 0 Å². The standard InChI is InChI=1S/C12H19N3O/c1-12(5-3-6-12)11-14-10(15-16-11)9-4-2-7-13-8-9/h9,13H,2-8H2,1H3. The normalized spacial score (nSPS) is 28.7. The summed E-state index contributed by atoms with van der Waals surface area (Å²) in [5, 5.41) is 7.55. The lowest BCUT2D eigenvalue weighted by Gasteiger charge is -2.34. The van der Waals surface area contributed by atoms with Gasteiger partial charge in [0.05, 0.1) is 0 Å². The van der Waals surface area contributed by atoms with Crippen LogP contribution in [0.25, 0.3) is 0 Å². The minimum Gasteiger partial charge on any atom is -0.339 e. The summed E-state index contributed by atoms with van der Waals surface area (Å²) in [5.74, 6) is 2.23. The third-order valence-electron chi connectivity index (χ3n) is 4.08. The first-order valence-electron chi connectivity index (χ1n) is 6.33. The maximum absolute atomic E-state index is 5.44. The third kappa shape index (κ3) is 1.65. The van der Waals surface area contributed by atoms with Gasteiger partial charge in [-0.15, -0.1) is 0 Å². The largest absolute Gasteiger partial charge is 0.339 e. The van der Waals surface area contributed by atoms with E-state index in [-0.39, 0.29) is 5.41 Å². The highest BCUT2D eigenvalue weighted by Crippen LogP contribution is 2.42. The van der Waals surface area contributed by atoms with E-state index < -0.39 is 0 Å². The number of hydrogen-bond donors (Lipinski definition) is 1. The molecule has 0 bridgehead atoms. The summed E-state index contributed by atoms with van der Waals surface area (Å²) in [7, 11) is 0. The number of aromatic nitrogens is 2. The van der Waals surface area contributed by atoms with Crippen LogP contribution in [0.4, 0.5) is 0 Å². The van der Waals surface area contributed by atoms with E-state index in [1.807, 2.05) is 0 Å². The van der Waals surface area contributed by atoms with Crippen LogP contribution in [0.5, 0.6) is 0 Å². The predicted octanol–water partition coefficient (Wildman–Crippen LogP) is 1.98. The molecule has 0 radical (unpaired) electrons. The fourth-order valence-electron chi connectivity index (χ4n) is 2.64. The van der Waals surface area contributed by atoms with Crippen LogP contribution < -0.4 is 5.32 Å². The summed E-state index contributed by atoms with van der Waals surface area (Å²) in [6, 6.07) is 0. The molecule has 0 spiro atoms. The van der Waals surface area contributed by atoms with Gasteiger partial charge < -0.3 is 9.84 Å². The molecule has 1 saturated heterocycles. The van der Waals surface area contributed by atoms with E-state index in [1.54, 1.807) is 0 Å². The average molecular weight is 221 g/mol. The lowest BCUT2D eigenvalue weighted by molar-refractivity contribution is 0.194. The Bertz CT molecular complexity index is 364. The van der Waals surface area contributed by atoms with Crippen molar-refractivity contribution in [2.45, 2.75) is 50.4 Å². The van der Waals surface area contributed by atoms with Crippen LogP contribution in [-0.2, 0) is 5.41 Å². The molecule has 1 saturated carbocycles. The van der Waals surface area contributed by atoms with E-state index in [0.717, 1.165) is 24.8 Å². The summed E-state index contributed by atoms with van der Waals surface area (Å²) in [6.07, 6.45) is 6.07. The molecule has 2 aliphatic rings. The molecular formula is C12H19N3O. The Hall–Kier alpha value is -0.900. The summed E-state index contributed by atoms with van der Waals surface area (Å²) < 4.78 is 5.44. The smallest absolute Gasteiger partial charge is 0.232 e. The second-order valence-corrected chi connectivity index (χ2v) is 5.42. The monoisotopic (exact) mass is 221 g/mol. The first-order valence-corrected chi connectivity index (χ1v) is 6.33. The van der Waals surface area contributed by atoms with Crippen molar-refractivity contribution < 1.29 is 4.52 Å². The van der Waals surface area contributed by atoms with Crippen molar-refractivity contribution in [3.8, 4) is 0 Å². The molecule has 0 aromatic carbocycles. The second-order valence-electron chi connectivity index (χ2n) is 5.42. The fraction of sp³-hybridized carbons (Fsp3) is 0.833. The zero-order chi connectivity index (χ0) is 11.0. The zero-order valence-corrected chi connectivity index (χ0v) is 9.83. The molecular weight excluding hydrogens is 202 g/mol. The third-order valence-corrected chi connectivity index (χ3v) is 4.08. The molecule has 1 aromatic heterocycles. The van der Waals surface area contributed by atoms with E-state index in [0.29, 0.717) is 5.92 Å². The van der Waals surface area contributed by atoms with Crippen LogP contribution in [0.15, 0.2) is 4.52 Å².